The monoisotopic (exact) mass is 307 g/mol. The number of alkyl halides is 2. The summed E-state index contributed by atoms with van der Waals surface area (Å²) in [6.07, 6.45) is -0.422. The molecule has 0 unspecified atom stereocenters. The van der Waals surface area contributed by atoms with Gasteiger partial charge >= 0.3 is 12.1 Å². The molecule has 0 saturated heterocycles. The van der Waals surface area contributed by atoms with Crippen LogP contribution >= 0.6 is 0 Å². The molecule has 21 heavy (non-hydrogen) atoms. The number of carbonyl (C=O) groups excluding carboxylic acids is 1. The van der Waals surface area contributed by atoms with Crippen molar-refractivity contribution in [2.75, 3.05) is 0 Å². The Morgan fingerprint density at radius 1 is 1.33 bits per heavy atom. The van der Waals surface area contributed by atoms with Crippen LogP contribution in [0.25, 0.3) is 0 Å². The van der Waals surface area contributed by atoms with Gasteiger partial charge in [0, 0.05) is 12.8 Å². The number of rotatable bonds is 3. The van der Waals surface area contributed by atoms with Crippen molar-refractivity contribution in [1.82, 2.24) is 5.32 Å². The van der Waals surface area contributed by atoms with Crippen LogP contribution in [0.3, 0.4) is 0 Å². The maximum Gasteiger partial charge on any atom is 0.408 e. The Morgan fingerprint density at radius 2 is 1.95 bits per heavy atom. The highest BCUT2D eigenvalue weighted by molar-refractivity contribution is 5.80. The van der Waals surface area contributed by atoms with Gasteiger partial charge in [0.05, 0.1) is 0 Å². The first-order valence-corrected chi connectivity index (χ1v) is 7.10. The largest absolute Gasteiger partial charge is 0.480 e. The smallest absolute Gasteiger partial charge is 0.408 e. The van der Waals surface area contributed by atoms with Gasteiger partial charge in [-0.1, -0.05) is 6.42 Å². The standard InChI is InChI=1S/C14H23F2NO4/c1-13(2,3)21-12(20)17-10(11(18)19)9-6-4-5-7-14(15,16)8-9/h9-10H,4-8H2,1-3H3,(H,17,20)(H,18,19)/t9-,10-/m0/s1. The molecule has 1 aliphatic rings. The van der Waals surface area contributed by atoms with Crippen molar-refractivity contribution >= 4 is 12.1 Å². The van der Waals surface area contributed by atoms with Crippen LogP contribution in [0.1, 0.15) is 52.9 Å². The van der Waals surface area contributed by atoms with Gasteiger partial charge in [0.15, 0.2) is 0 Å². The first-order chi connectivity index (χ1) is 9.50. The molecular weight excluding hydrogens is 284 g/mol. The zero-order valence-electron chi connectivity index (χ0n) is 12.6. The minimum atomic E-state index is -2.88. The number of amides is 1. The molecule has 0 radical (unpaired) electrons. The molecule has 0 bridgehead atoms. The van der Waals surface area contributed by atoms with Gasteiger partial charge in [0.25, 0.3) is 0 Å². The topological polar surface area (TPSA) is 75.6 Å². The highest BCUT2D eigenvalue weighted by atomic mass is 19.3. The van der Waals surface area contributed by atoms with E-state index in [4.69, 9.17) is 4.74 Å². The maximum absolute atomic E-state index is 13.6. The van der Waals surface area contributed by atoms with Crippen molar-refractivity contribution < 1.29 is 28.2 Å². The molecule has 122 valence electrons. The lowest BCUT2D eigenvalue weighted by Gasteiger charge is -2.27. The first-order valence-electron chi connectivity index (χ1n) is 7.10. The Kier molecular flexibility index (Phi) is 5.53. The molecule has 0 aliphatic heterocycles. The lowest BCUT2D eigenvalue weighted by molar-refractivity contribution is -0.142. The molecule has 0 spiro atoms. The van der Waals surface area contributed by atoms with Gasteiger partial charge in [-0.25, -0.2) is 18.4 Å². The zero-order chi connectivity index (χ0) is 16.3. The SMILES string of the molecule is CC(C)(C)OC(=O)N[C@H](C(=O)O)[C@H]1CCCCC(F)(F)C1. The van der Waals surface area contributed by atoms with Gasteiger partial charge in [0.1, 0.15) is 11.6 Å². The minimum Gasteiger partial charge on any atom is -0.480 e. The number of alkyl carbamates (subject to hydrolysis) is 1. The van der Waals surface area contributed by atoms with Crippen LogP contribution in [0.4, 0.5) is 13.6 Å². The average Bonchev–Trinajstić information content (AvgIpc) is 2.44. The zero-order valence-corrected chi connectivity index (χ0v) is 12.6. The third kappa shape index (κ3) is 6.27. The molecule has 2 atom stereocenters. The summed E-state index contributed by atoms with van der Waals surface area (Å²) in [6, 6.07) is -1.36. The summed E-state index contributed by atoms with van der Waals surface area (Å²) in [5, 5.41) is 11.4. The van der Waals surface area contributed by atoms with Gasteiger partial charge in [0.2, 0.25) is 5.92 Å². The molecule has 1 rings (SSSR count). The lowest BCUT2D eigenvalue weighted by atomic mass is 9.91. The average molecular weight is 307 g/mol. The molecule has 1 fully saturated rings. The van der Waals surface area contributed by atoms with Crippen molar-refractivity contribution in [3.05, 3.63) is 0 Å². The number of carboxylic acid groups (broad SMARTS) is 1. The number of nitrogens with one attached hydrogen (secondary N) is 1. The molecular formula is C14H23F2NO4. The second-order valence-electron chi connectivity index (χ2n) is 6.53. The summed E-state index contributed by atoms with van der Waals surface area (Å²) in [4.78, 5) is 23.0. The molecule has 7 heteroatoms. The number of halogens is 2. The summed E-state index contributed by atoms with van der Waals surface area (Å²) in [5.41, 5.74) is -0.777. The highest BCUT2D eigenvalue weighted by Gasteiger charge is 2.40. The molecule has 1 saturated carbocycles. The van der Waals surface area contributed by atoms with Crippen LogP contribution in [0, 0.1) is 5.92 Å². The number of carboxylic acids is 1. The van der Waals surface area contributed by atoms with Gasteiger partial charge in [-0.3, -0.25) is 0 Å². The van der Waals surface area contributed by atoms with Crippen LogP contribution in [-0.2, 0) is 9.53 Å². The van der Waals surface area contributed by atoms with Gasteiger partial charge < -0.3 is 15.2 Å². The summed E-state index contributed by atoms with van der Waals surface area (Å²) in [5.74, 6) is -5.00. The van der Waals surface area contributed by atoms with Gasteiger partial charge in [-0.15, -0.1) is 0 Å². The van der Waals surface area contributed by atoms with E-state index >= 15 is 0 Å². The highest BCUT2D eigenvalue weighted by Crippen LogP contribution is 2.36. The molecule has 2 N–H and O–H groups in total. The molecule has 0 heterocycles. The van der Waals surface area contributed by atoms with E-state index in [1.54, 1.807) is 20.8 Å². The van der Waals surface area contributed by atoms with E-state index in [1.807, 2.05) is 0 Å². The molecule has 0 aromatic heterocycles. The number of hydrogen-bond donors (Lipinski definition) is 2. The molecule has 1 amide bonds. The second kappa shape index (κ2) is 6.58. The molecule has 0 aromatic carbocycles. The van der Waals surface area contributed by atoms with E-state index in [0.29, 0.717) is 19.3 Å². The minimum absolute atomic E-state index is 0.234. The van der Waals surface area contributed by atoms with Crippen molar-refractivity contribution in [1.29, 1.82) is 0 Å². The van der Waals surface area contributed by atoms with Gasteiger partial charge in [-0.2, -0.15) is 0 Å². The van der Waals surface area contributed by atoms with Crippen molar-refractivity contribution in [3.8, 4) is 0 Å². The molecule has 5 nitrogen and oxygen atoms in total. The Morgan fingerprint density at radius 3 is 2.48 bits per heavy atom. The number of hydrogen-bond acceptors (Lipinski definition) is 3. The Bertz CT molecular complexity index is 393. The van der Waals surface area contributed by atoms with Crippen LogP contribution in [0.5, 0.6) is 0 Å². The molecule has 0 aromatic rings. The van der Waals surface area contributed by atoms with Crippen molar-refractivity contribution in [3.63, 3.8) is 0 Å². The predicted molar refractivity (Wildman–Crippen MR) is 72.3 cm³/mol. The Balaban J connectivity index is 2.76. The lowest BCUT2D eigenvalue weighted by Crippen LogP contribution is -2.48. The van der Waals surface area contributed by atoms with E-state index in [1.165, 1.54) is 0 Å². The van der Waals surface area contributed by atoms with Crippen LogP contribution in [0.15, 0.2) is 0 Å². The van der Waals surface area contributed by atoms with E-state index < -0.39 is 42.0 Å². The Labute approximate surface area is 123 Å². The number of aliphatic carboxylic acids is 1. The normalized spacial score (nSPS) is 23.8. The number of carbonyl (C=O) groups is 2. The summed E-state index contributed by atoms with van der Waals surface area (Å²) >= 11 is 0. The van der Waals surface area contributed by atoms with Crippen LogP contribution in [-0.4, -0.2) is 34.7 Å². The van der Waals surface area contributed by atoms with E-state index in [0.717, 1.165) is 0 Å². The second-order valence-corrected chi connectivity index (χ2v) is 6.53. The summed E-state index contributed by atoms with van der Waals surface area (Å²) in [7, 11) is 0. The first kappa shape index (κ1) is 17.7. The fourth-order valence-electron chi connectivity index (χ4n) is 2.48. The maximum atomic E-state index is 13.6. The van der Waals surface area contributed by atoms with E-state index in [2.05, 4.69) is 5.32 Å². The van der Waals surface area contributed by atoms with Gasteiger partial charge in [-0.05, 0) is 39.5 Å². The van der Waals surface area contributed by atoms with Crippen molar-refractivity contribution in [2.45, 2.75) is 70.4 Å². The fraction of sp³-hybridized carbons (Fsp3) is 0.857. The van der Waals surface area contributed by atoms with Crippen LogP contribution < -0.4 is 5.32 Å². The summed E-state index contributed by atoms with van der Waals surface area (Å²) in [6.45, 7) is 4.92. The third-order valence-electron chi connectivity index (χ3n) is 3.34. The predicted octanol–water partition coefficient (Wildman–Crippen LogP) is 3.18. The quantitative estimate of drug-likeness (QED) is 0.785. The molecule has 1 aliphatic carbocycles. The fourth-order valence-corrected chi connectivity index (χ4v) is 2.48. The third-order valence-corrected chi connectivity index (χ3v) is 3.34. The van der Waals surface area contributed by atoms with Crippen molar-refractivity contribution in [2.24, 2.45) is 5.92 Å². The van der Waals surface area contributed by atoms with E-state index in [9.17, 15) is 23.5 Å². The van der Waals surface area contributed by atoms with E-state index in [-0.39, 0.29) is 6.42 Å². The number of ether oxygens (including phenoxy) is 1. The summed E-state index contributed by atoms with van der Waals surface area (Å²) < 4.78 is 32.2. The Hall–Kier alpha value is -1.40. The van der Waals surface area contributed by atoms with Crippen LogP contribution in [0.2, 0.25) is 0 Å².